The number of para-hydroxylation sites is 1. The molecule has 0 amide bonds. The molecule has 2 aromatic heterocycles. The van der Waals surface area contributed by atoms with Gasteiger partial charge in [0.15, 0.2) is 5.82 Å². The quantitative estimate of drug-likeness (QED) is 0.171. The zero-order valence-corrected chi connectivity index (χ0v) is 25.6. The van der Waals surface area contributed by atoms with E-state index in [1.165, 1.54) is 12.0 Å². The number of hydrogen-bond donors (Lipinski definition) is 3. The summed E-state index contributed by atoms with van der Waals surface area (Å²) in [5.74, 6) is 1.65. The Kier molecular flexibility index (Phi) is 9.69. The molecular weight excluding hydrogens is 598 g/mol. The maximum Gasteiger partial charge on any atom is 0.154 e. The van der Waals surface area contributed by atoms with Gasteiger partial charge in [0.05, 0.1) is 22.8 Å². The van der Waals surface area contributed by atoms with Gasteiger partial charge in [0.1, 0.15) is 5.82 Å². The van der Waals surface area contributed by atoms with Crippen molar-refractivity contribution in [1.29, 1.82) is 0 Å². The number of nitrogens with zero attached hydrogens (tertiary/aromatic N) is 3. The highest BCUT2D eigenvalue weighted by atomic mass is 35.5. The molecule has 0 saturated heterocycles. The number of aryl methyl sites for hydroxylation is 1. The third-order valence-corrected chi connectivity index (χ3v) is 7.86. The molecular formula is C31H32Cl4N6. The average molecular weight is 630 g/mol. The second-order valence-electron chi connectivity index (χ2n) is 10.2. The highest BCUT2D eigenvalue weighted by Crippen LogP contribution is 2.45. The molecule has 3 heterocycles. The molecule has 6 nitrogen and oxygen atoms in total. The molecule has 0 unspecified atom stereocenters. The topological polar surface area (TPSA) is 94.8 Å². The van der Waals surface area contributed by atoms with Crippen LogP contribution in [0.15, 0.2) is 85.1 Å². The Morgan fingerprint density at radius 2 is 1.56 bits per heavy atom. The van der Waals surface area contributed by atoms with Gasteiger partial charge < -0.3 is 16.8 Å². The van der Waals surface area contributed by atoms with Crippen LogP contribution in [0, 0.1) is 6.92 Å². The van der Waals surface area contributed by atoms with Gasteiger partial charge in [-0.1, -0.05) is 48.5 Å². The van der Waals surface area contributed by atoms with E-state index < -0.39 is 0 Å². The third kappa shape index (κ3) is 5.27. The third-order valence-electron chi connectivity index (χ3n) is 7.86. The molecule has 2 aliphatic rings. The molecule has 214 valence electrons. The molecule has 0 bridgehead atoms. The van der Waals surface area contributed by atoms with Gasteiger partial charge in [0.25, 0.3) is 0 Å². The molecule has 7 rings (SSSR count). The predicted octanol–water partition coefficient (Wildman–Crippen LogP) is 8.24. The van der Waals surface area contributed by atoms with Crippen molar-refractivity contribution >= 4 is 66.8 Å². The van der Waals surface area contributed by atoms with Crippen molar-refractivity contribution in [2.45, 2.75) is 31.7 Å². The van der Waals surface area contributed by atoms with Gasteiger partial charge in [0, 0.05) is 34.1 Å². The predicted molar refractivity (Wildman–Crippen MR) is 179 cm³/mol. The molecule has 0 radical (unpaired) electrons. The van der Waals surface area contributed by atoms with Gasteiger partial charge in [-0.3, -0.25) is 4.57 Å². The van der Waals surface area contributed by atoms with E-state index in [9.17, 15) is 0 Å². The number of nitrogens with two attached hydrogens (primary N) is 2. The number of benzene rings is 3. The van der Waals surface area contributed by atoms with Gasteiger partial charge in [-0.05, 0) is 67.6 Å². The minimum atomic E-state index is -0.208. The van der Waals surface area contributed by atoms with E-state index in [1.54, 1.807) is 0 Å². The number of halogens is 4. The molecule has 41 heavy (non-hydrogen) atoms. The monoisotopic (exact) mass is 628 g/mol. The van der Waals surface area contributed by atoms with Crippen LogP contribution in [0.25, 0.3) is 39.6 Å². The summed E-state index contributed by atoms with van der Waals surface area (Å²) in [7, 11) is 0. The van der Waals surface area contributed by atoms with Crippen LogP contribution in [0.1, 0.15) is 30.4 Å². The SMILES string of the molecule is Cc1ccc(-c2nc3n(c2-c2ccc(C4(N)CCC4)cc2)-c2cccnc2Nc2ccccc2-3)cc1N.Cl.Cl.Cl.Cl. The van der Waals surface area contributed by atoms with E-state index in [-0.39, 0.29) is 55.2 Å². The summed E-state index contributed by atoms with van der Waals surface area (Å²) in [6.07, 6.45) is 5.06. The molecule has 10 heteroatoms. The van der Waals surface area contributed by atoms with Crippen LogP contribution < -0.4 is 16.8 Å². The van der Waals surface area contributed by atoms with Gasteiger partial charge in [0.2, 0.25) is 0 Å². The van der Waals surface area contributed by atoms with E-state index in [1.807, 2.05) is 37.4 Å². The molecule has 0 spiro atoms. The van der Waals surface area contributed by atoms with Crippen LogP contribution >= 0.6 is 49.6 Å². The lowest BCUT2D eigenvalue weighted by Crippen LogP contribution is -2.43. The smallest absolute Gasteiger partial charge is 0.154 e. The summed E-state index contributed by atoms with van der Waals surface area (Å²) < 4.78 is 2.23. The second-order valence-corrected chi connectivity index (χ2v) is 10.2. The van der Waals surface area contributed by atoms with Crippen molar-refractivity contribution in [3.05, 3.63) is 96.2 Å². The van der Waals surface area contributed by atoms with Crippen molar-refractivity contribution in [3.8, 4) is 39.6 Å². The standard InChI is InChI=1S/C31H28N6.4ClH/c1-19-9-10-21(18-24(19)32)27-28(20-11-13-22(14-12-20)31(33)15-5-16-31)37-26-8-4-17-34-29(26)35-25-7-3-2-6-23(25)30(37)36-27;;;;/h2-4,6-14,17-18H,5,15-16,32-33H2,1H3,(H,34,35);4*1H. The molecule has 5 N–H and O–H groups in total. The molecule has 1 saturated carbocycles. The van der Waals surface area contributed by atoms with Crippen molar-refractivity contribution < 1.29 is 0 Å². The Labute approximate surface area is 264 Å². The lowest BCUT2D eigenvalue weighted by molar-refractivity contribution is 0.253. The number of pyridine rings is 1. The van der Waals surface area contributed by atoms with Gasteiger partial charge in [-0.15, -0.1) is 49.6 Å². The molecule has 0 atom stereocenters. The normalized spacial score (nSPS) is 13.5. The Balaban J connectivity index is 0.00000116. The van der Waals surface area contributed by atoms with Crippen LogP contribution in [-0.4, -0.2) is 14.5 Å². The highest BCUT2D eigenvalue weighted by molar-refractivity contribution is 5.91. The summed E-state index contributed by atoms with van der Waals surface area (Å²) in [6, 6.07) is 27.2. The zero-order valence-electron chi connectivity index (χ0n) is 22.3. The minimum absolute atomic E-state index is 0. The van der Waals surface area contributed by atoms with Gasteiger partial charge in [-0.25, -0.2) is 9.97 Å². The number of nitrogen functional groups attached to an aromatic ring is 1. The van der Waals surface area contributed by atoms with Crippen LogP contribution in [-0.2, 0) is 5.54 Å². The number of fused-ring (bicyclic) bond motifs is 5. The fourth-order valence-electron chi connectivity index (χ4n) is 5.49. The fourth-order valence-corrected chi connectivity index (χ4v) is 5.49. The van der Waals surface area contributed by atoms with Crippen molar-refractivity contribution in [3.63, 3.8) is 0 Å². The number of aromatic nitrogens is 3. The molecule has 1 aliphatic carbocycles. The Hall–Kier alpha value is -3.26. The summed E-state index contributed by atoms with van der Waals surface area (Å²) in [5, 5.41) is 3.53. The average Bonchev–Trinajstić information content (AvgIpc) is 3.23. The minimum Gasteiger partial charge on any atom is -0.398 e. The van der Waals surface area contributed by atoms with E-state index in [0.29, 0.717) is 0 Å². The molecule has 1 aliphatic heterocycles. The number of hydrogen-bond acceptors (Lipinski definition) is 5. The van der Waals surface area contributed by atoms with E-state index >= 15 is 0 Å². The Morgan fingerprint density at radius 3 is 2.24 bits per heavy atom. The summed E-state index contributed by atoms with van der Waals surface area (Å²) in [4.78, 5) is 9.97. The first kappa shape index (κ1) is 32.3. The Bertz CT molecular complexity index is 1680. The zero-order chi connectivity index (χ0) is 25.1. The van der Waals surface area contributed by atoms with Crippen LogP contribution in [0.3, 0.4) is 0 Å². The van der Waals surface area contributed by atoms with Crippen LogP contribution in [0.5, 0.6) is 0 Å². The maximum absolute atomic E-state index is 6.64. The molecule has 3 aromatic carbocycles. The van der Waals surface area contributed by atoms with E-state index in [0.717, 1.165) is 75.2 Å². The maximum atomic E-state index is 6.64. The van der Waals surface area contributed by atoms with E-state index in [4.69, 9.17) is 16.5 Å². The lowest BCUT2D eigenvalue weighted by atomic mass is 9.72. The van der Waals surface area contributed by atoms with E-state index in [2.05, 4.69) is 69.5 Å². The summed E-state index contributed by atoms with van der Waals surface area (Å²) in [6.45, 7) is 2.02. The molecule has 5 aromatic rings. The van der Waals surface area contributed by atoms with Crippen LogP contribution in [0.2, 0.25) is 0 Å². The van der Waals surface area contributed by atoms with Gasteiger partial charge >= 0.3 is 0 Å². The van der Waals surface area contributed by atoms with Gasteiger partial charge in [-0.2, -0.15) is 0 Å². The molecule has 1 fully saturated rings. The number of imidazole rings is 1. The summed E-state index contributed by atoms with van der Waals surface area (Å²) in [5.41, 5.74) is 22.6. The first-order valence-corrected chi connectivity index (χ1v) is 12.7. The van der Waals surface area contributed by atoms with Crippen LogP contribution in [0.4, 0.5) is 17.2 Å². The van der Waals surface area contributed by atoms with Crippen molar-refractivity contribution in [1.82, 2.24) is 14.5 Å². The fraction of sp³-hybridized carbons (Fsp3) is 0.161. The Morgan fingerprint density at radius 1 is 0.854 bits per heavy atom. The number of nitrogens with one attached hydrogen (secondary N) is 1. The first-order valence-electron chi connectivity index (χ1n) is 12.7. The number of anilines is 3. The lowest BCUT2D eigenvalue weighted by Gasteiger charge is -2.38. The van der Waals surface area contributed by atoms with Crippen molar-refractivity contribution in [2.75, 3.05) is 11.1 Å². The number of rotatable bonds is 3. The largest absolute Gasteiger partial charge is 0.398 e. The van der Waals surface area contributed by atoms with Crippen molar-refractivity contribution in [2.24, 2.45) is 5.73 Å². The summed E-state index contributed by atoms with van der Waals surface area (Å²) >= 11 is 0. The first-order chi connectivity index (χ1) is 18.0. The highest BCUT2D eigenvalue weighted by Gasteiger charge is 2.34. The second kappa shape index (κ2) is 12.3.